The molecule has 0 aromatic heterocycles. The topological polar surface area (TPSA) is 32.8 Å². The van der Waals surface area contributed by atoms with Crippen LogP contribution in [0, 0.1) is 6.92 Å². The standard InChI is InChI=1S/C24H30N2O2/c1-4-25-13-11-24(12-14-25)17-26(22-10-5-18(2)15-21(22)24)23(27)16-19-6-8-20(28-3)9-7-19/h5-10,15H,4,11-14,16-17H2,1-3H3. The zero-order valence-corrected chi connectivity index (χ0v) is 17.2. The molecule has 28 heavy (non-hydrogen) atoms. The lowest BCUT2D eigenvalue weighted by atomic mass is 9.74. The molecule has 1 amide bonds. The van der Waals surface area contributed by atoms with Crippen LogP contribution in [0.3, 0.4) is 0 Å². The zero-order chi connectivity index (χ0) is 19.7. The molecule has 0 N–H and O–H groups in total. The van der Waals surface area contributed by atoms with Gasteiger partial charge in [-0.15, -0.1) is 0 Å². The summed E-state index contributed by atoms with van der Waals surface area (Å²) < 4.78 is 5.23. The number of likely N-dealkylation sites (tertiary alicyclic amines) is 1. The Morgan fingerprint density at radius 1 is 1.11 bits per heavy atom. The average molecular weight is 379 g/mol. The van der Waals surface area contributed by atoms with E-state index in [-0.39, 0.29) is 11.3 Å². The molecular formula is C24H30N2O2. The van der Waals surface area contributed by atoms with E-state index in [9.17, 15) is 4.79 Å². The lowest BCUT2D eigenvalue weighted by Crippen LogP contribution is -2.46. The van der Waals surface area contributed by atoms with Crippen LogP contribution in [0.1, 0.15) is 36.5 Å². The molecule has 0 radical (unpaired) electrons. The Morgan fingerprint density at radius 2 is 1.82 bits per heavy atom. The molecule has 0 aliphatic carbocycles. The van der Waals surface area contributed by atoms with Crippen molar-refractivity contribution < 1.29 is 9.53 Å². The summed E-state index contributed by atoms with van der Waals surface area (Å²) in [4.78, 5) is 17.8. The molecule has 0 bridgehead atoms. The second-order valence-electron chi connectivity index (χ2n) is 8.24. The lowest BCUT2D eigenvalue weighted by Gasteiger charge is -2.39. The highest BCUT2D eigenvalue weighted by Crippen LogP contribution is 2.47. The van der Waals surface area contributed by atoms with Crippen LogP contribution < -0.4 is 9.64 Å². The van der Waals surface area contributed by atoms with Crippen molar-refractivity contribution >= 4 is 11.6 Å². The number of amides is 1. The first kappa shape index (κ1) is 19.0. The number of fused-ring (bicyclic) bond motifs is 2. The van der Waals surface area contributed by atoms with Crippen molar-refractivity contribution in [2.24, 2.45) is 0 Å². The van der Waals surface area contributed by atoms with E-state index < -0.39 is 0 Å². The van der Waals surface area contributed by atoms with E-state index in [1.165, 1.54) is 11.1 Å². The quantitative estimate of drug-likeness (QED) is 0.808. The number of benzene rings is 2. The second kappa shape index (κ2) is 7.59. The van der Waals surface area contributed by atoms with Gasteiger partial charge in [-0.2, -0.15) is 0 Å². The van der Waals surface area contributed by atoms with E-state index in [2.05, 4.69) is 36.9 Å². The largest absolute Gasteiger partial charge is 0.497 e. The van der Waals surface area contributed by atoms with E-state index in [0.717, 1.165) is 56.0 Å². The number of hydrogen-bond acceptors (Lipinski definition) is 3. The van der Waals surface area contributed by atoms with Gasteiger partial charge in [0.1, 0.15) is 5.75 Å². The van der Waals surface area contributed by atoms with Crippen molar-refractivity contribution in [3.8, 4) is 5.75 Å². The predicted octanol–water partition coefficient (Wildman–Crippen LogP) is 3.95. The van der Waals surface area contributed by atoms with Gasteiger partial charge >= 0.3 is 0 Å². The van der Waals surface area contributed by atoms with Crippen molar-refractivity contribution in [2.75, 3.05) is 38.2 Å². The summed E-state index contributed by atoms with van der Waals surface area (Å²) in [6.07, 6.45) is 2.68. The van der Waals surface area contributed by atoms with Gasteiger partial charge in [-0.25, -0.2) is 0 Å². The fraction of sp³-hybridized carbons (Fsp3) is 0.458. The number of nitrogens with zero attached hydrogens (tertiary/aromatic N) is 2. The summed E-state index contributed by atoms with van der Waals surface area (Å²) in [5, 5.41) is 0. The van der Waals surface area contributed by atoms with E-state index in [1.54, 1.807) is 7.11 Å². The van der Waals surface area contributed by atoms with Gasteiger partial charge in [0, 0.05) is 17.6 Å². The van der Waals surface area contributed by atoms with Crippen molar-refractivity contribution in [2.45, 2.75) is 38.5 Å². The van der Waals surface area contributed by atoms with Gasteiger partial charge in [-0.1, -0.05) is 36.8 Å². The predicted molar refractivity (Wildman–Crippen MR) is 113 cm³/mol. The summed E-state index contributed by atoms with van der Waals surface area (Å²) >= 11 is 0. The van der Waals surface area contributed by atoms with Crippen LogP contribution in [0.2, 0.25) is 0 Å². The van der Waals surface area contributed by atoms with Crippen molar-refractivity contribution in [1.29, 1.82) is 0 Å². The Morgan fingerprint density at radius 3 is 2.46 bits per heavy atom. The number of ether oxygens (including phenoxy) is 1. The Balaban J connectivity index is 1.59. The number of carbonyl (C=O) groups is 1. The highest BCUT2D eigenvalue weighted by molar-refractivity contribution is 5.97. The summed E-state index contributed by atoms with van der Waals surface area (Å²) in [6.45, 7) is 8.54. The SMILES string of the molecule is CCN1CCC2(CC1)CN(C(=O)Cc1ccc(OC)cc1)c1ccc(C)cc12. The maximum absolute atomic E-state index is 13.2. The summed E-state index contributed by atoms with van der Waals surface area (Å²) in [5.74, 6) is 1.00. The molecule has 2 aliphatic heterocycles. The van der Waals surface area contributed by atoms with Crippen LogP contribution in [-0.4, -0.2) is 44.1 Å². The van der Waals surface area contributed by atoms with Gasteiger partial charge in [0.05, 0.1) is 13.5 Å². The molecule has 2 aromatic rings. The van der Waals surface area contributed by atoms with E-state index in [0.29, 0.717) is 6.42 Å². The average Bonchev–Trinajstić information content (AvgIpc) is 3.03. The second-order valence-corrected chi connectivity index (χ2v) is 8.24. The zero-order valence-electron chi connectivity index (χ0n) is 17.2. The third kappa shape index (κ3) is 3.42. The van der Waals surface area contributed by atoms with E-state index in [4.69, 9.17) is 4.74 Å². The number of aryl methyl sites for hydroxylation is 1. The van der Waals surface area contributed by atoms with Crippen LogP contribution in [0.5, 0.6) is 5.75 Å². The lowest BCUT2D eigenvalue weighted by molar-refractivity contribution is -0.118. The Kier molecular flexibility index (Phi) is 5.15. The molecule has 1 saturated heterocycles. The molecule has 2 aromatic carbocycles. The van der Waals surface area contributed by atoms with Crippen LogP contribution in [0.15, 0.2) is 42.5 Å². The first-order valence-electron chi connectivity index (χ1n) is 10.3. The third-order valence-electron chi connectivity index (χ3n) is 6.55. The molecule has 4 rings (SSSR count). The van der Waals surface area contributed by atoms with Gasteiger partial charge < -0.3 is 14.5 Å². The minimum atomic E-state index is 0.114. The molecule has 0 atom stereocenters. The first-order valence-corrected chi connectivity index (χ1v) is 10.3. The molecule has 1 fully saturated rings. The van der Waals surface area contributed by atoms with Gasteiger partial charge in [-0.05, 0) is 68.7 Å². The Hall–Kier alpha value is -2.33. The number of anilines is 1. The summed E-state index contributed by atoms with van der Waals surface area (Å²) in [5.41, 5.74) is 4.92. The highest BCUT2D eigenvalue weighted by atomic mass is 16.5. The highest BCUT2D eigenvalue weighted by Gasteiger charge is 2.46. The van der Waals surface area contributed by atoms with Gasteiger partial charge in [0.2, 0.25) is 5.91 Å². The number of rotatable bonds is 4. The minimum absolute atomic E-state index is 0.114. The molecule has 2 aliphatic rings. The molecule has 1 spiro atoms. The van der Waals surface area contributed by atoms with Crippen molar-refractivity contribution in [3.63, 3.8) is 0 Å². The fourth-order valence-corrected chi connectivity index (χ4v) is 4.74. The van der Waals surface area contributed by atoms with Crippen LogP contribution in [-0.2, 0) is 16.6 Å². The maximum atomic E-state index is 13.2. The molecule has 4 heteroatoms. The number of hydrogen-bond donors (Lipinski definition) is 0. The maximum Gasteiger partial charge on any atom is 0.231 e. The Bertz CT molecular complexity index is 851. The molecule has 148 valence electrons. The van der Waals surface area contributed by atoms with Crippen LogP contribution >= 0.6 is 0 Å². The summed E-state index contributed by atoms with van der Waals surface area (Å²) in [7, 11) is 1.66. The van der Waals surface area contributed by atoms with Gasteiger partial charge in [-0.3, -0.25) is 4.79 Å². The fourth-order valence-electron chi connectivity index (χ4n) is 4.74. The molecular weight excluding hydrogens is 348 g/mol. The Labute approximate surface area is 168 Å². The third-order valence-corrected chi connectivity index (χ3v) is 6.55. The molecule has 4 nitrogen and oxygen atoms in total. The summed E-state index contributed by atoms with van der Waals surface area (Å²) in [6, 6.07) is 14.4. The molecule has 0 saturated carbocycles. The van der Waals surface area contributed by atoms with Crippen molar-refractivity contribution in [3.05, 3.63) is 59.2 Å². The van der Waals surface area contributed by atoms with Gasteiger partial charge in [0.15, 0.2) is 0 Å². The smallest absolute Gasteiger partial charge is 0.231 e. The van der Waals surface area contributed by atoms with Crippen molar-refractivity contribution in [1.82, 2.24) is 4.90 Å². The number of piperidine rings is 1. The van der Waals surface area contributed by atoms with E-state index >= 15 is 0 Å². The van der Waals surface area contributed by atoms with Crippen LogP contribution in [0.4, 0.5) is 5.69 Å². The first-order chi connectivity index (χ1) is 13.5. The van der Waals surface area contributed by atoms with Gasteiger partial charge in [0.25, 0.3) is 0 Å². The number of methoxy groups -OCH3 is 1. The minimum Gasteiger partial charge on any atom is -0.497 e. The molecule has 0 unspecified atom stereocenters. The normalized spacial score (nSPS) is 18.3. The molecule has 2 heterocycles. The van der Waals surface area contributed by atoms with Crippen LogP contribution in [0.25, 0.3) is 0 Å². The number of carbonyl (C=O) groups excluding carboxylic acids is 1. The monoisotopic (exact) mass is 378 g/mol. The van der Waals surface area contributed by atoms with E-state index in [1.807, 2.05) is 29.2 Å².